The van der Waals surface area contributed by atoms with E-state index in [2.05, 4.69) is 16.6 Å². The van der Waals surface area contributed by atoms with Crippen LogP contribution in [0.5, 0.6) is 0 Å². The van der Waals surface area contributed by atoms with Gasteiger partial charge in [-0.15, -0.1) is 0 Å². The summed E-state index contributed by atoms with van der Waals surface area (Å²) >= 11 is 5.73. The average molecular weight is 308 g/mol. The molecule has 1 rings (SSSR count). The number of nitrogens with two attached hydrogens (primary N) is 1. The van der Waals surface area contributed by atoms with E-state index in [4.69, 9.17) is 22.1 Å². The van der Waals surface area contributed by atoms with E-state index in [-0.39, 0.29) is 22.3 Å². The maximum atomic E-state index is 11.9. The lowest BCUT2D eigenvalue weighted by Gasteiger charge is -2.08. The second-order valence-electron chi connectivity index (χ2n) is 3.90. The first kappa shape index (κ1) is 16.2. The third-order valence-corrected chi connectivity index (χ3v) is 4.07. The number of hydrogen-bond acceptors (Lipinski definition) is 5. The lowest BCUT2D eigenvalue weighted by molar-refractivity contribution is 0.136. The van der Waals surface area contributed by atoms with Crippen LogP contribution >= 0.6 is 11.6 Å². The van der Waals surface area contributed by atoms with Crippen LogP contribution in [0.3, 0.4) is 0 Å². The monoisotopic (exact) mass is 307 g/mol. The summed E-state index contributed by atoms with van der Waals surface area (Å²) in [5, 5.41) is 0.113. The third-order valence-electron chi connectivity index (χ3n) is 2.34. The van der Waals surface area contributed by atoms with Crippen molar-refractivity contribution in [3.05, 3.63) is 17.3 Å². The van der Waals surface area contributed by atoms with E-state index >= 15 is 0 Å². The van der Waals surface area contributed by atoms with Crippen molar-refractivity contribution in [3.8, 4) is 0 Å². The van der Waals surface area contributed by atoms with Crippen LogP contribution < -0.4 is 10.5 Å². The molecule has 1 heterocycles. The number of rotatable bonds is 8. The molecule has 0 fully saturated rings. The van der Waals surface area contributed by atoms with Crippen molar-refractivity contribution in [2.24, 2.45) is 0 Å². The predicted molar refractivity (Wildman–Crippen MR) is 74.6 cm³/mol. The molecule has 0 aliphatic carbocycles. The molecule has 0 aliphatic rings. The number of nitrogen functional groups attached to an aromatic ring is 1. The number of ether oxygens (including phenoxy) is 1. The Bertz CT molecular complexity index is 508. The summed E-state index contributed by atoms with van der Waals surface area (Å²) in [6, 6.07) is 1.27. The second-order valence-corrected chi connectivity index (χ2v) is 6.08. The van der Waals surface area contributed by atoms with Gasteiger partial charge in [-0.3, -0.25) is 0 Å². The number of unbranched alkanes of at least 4 members (excludes halogenated alkanes) is 1. The highest BCUT2D eigenvalue weighted by Gasteiger charge is 2.15. The van der Waals surface area contributed by atoms with Gasteiger partial charge in [-0.2, -0.15) is 0 Å². The Kier molecular flexibility index (Phi) is 6.50. The summed E-state index contributed by atoms with van der Waals surface area (Å²) in [5.74, 6) is 0.100. The van der Waals surface area contributed by atoms with E-state index in [1.54, 1.807) is 0 Å². The van der Waals surface area contributed by atoms with Crippen molar-refractivity contribution in [2.75, 3.05) is 25.5 Å². The summed E-state index contributed by atoms with van der Waals surface area (Å²) < 4.78 is 31.4. The fourth-order valence-electron chi connectivity index (χ4n) is 1.26. The van der Waals surface area contributed by atoms with Gasteiger partial charge in [0, 0.05) is 19.3 Å². The van der Waals surface area contributed by atoms with Crippen LogP contribution in [0.2, 0.25) is 5.02 Å². The Morgan fingerprint density at radius 3 is 2.84 bits per heavy atom. The fraction of sp³-hybridized carbons (Fsp3) is 0.545. The molecule has 3 N–H and O–H groups in total. The molecule has 0 aliphatic heterocycles. The number of aromatic nitrogens is 1. The highest BCUT2D eigenvalue weighted by atomic mass is 35.5. The van der Waals surface area contributed by atoms with Gasteiger partial charge in [-0.05, 0) is 12.5 Å². The van der Waals surface area contributed by atoms with E-state index < -0.39 is 10.0 Å². The maximum Gasteiger partial charge on any atom is 0.242 e. The van der Waals surface area contributed by atoms with Crippen molar-refractivity contribution in [1.82, 2.24) is 9.71 Å². The van der Waals surface area contributed by atoms with Crippen LogP contribution in [0, 0.1) is 0 Å². The smallest absolute Gasteiger partial charge is 0.242 e. The number of nitrogens with zero attached hydrogens (tertiary/aromatic N) is 1. The first-order valence-corrected chi connectivity index (χ1v) is 7.82. The van der Waals surface area contributed by atoms with Crippen LogP contribution in [0.25, 0.3) is 0 Å². The van der Waals surface area contributed by atoms with Crippen LogP contribution in [0.1, 0.15) is 19.8 Å². The predicted octanol–water partition coefficient (Wildman–Crippen LogP) is 1.41. The van der Waals surface area contributed by atoms with Crippen molar-refractivity contribution < 1.29 is 13.2 Å². The van der Waals surface area contributed by atoms with E-state index in [0.29, 0.717) is 13.2 Å². The normalized spacial score (nSPS) is 11.7. The van der Waals surface area contributed by atoms with Gasteiger partial charge in [0.1, 0.15) is 10.7 Å². The molecule has 0 amide bonds. The fourth-order valence-corrected chi connectivity index (χ4v) is 2.47. The first-order valence-electron chi connectivity index (χ1n) is 5.96. The molecule has 1 aromatic rings. The standard InChI is InChI=1S/C11H18ClN3O3S/c1-2-3-5-18-6-4-15-19(16,17)9-7-10(12)11(13)14-8-9/h7-8,15H,2-6H2,1H3,(H2,13,14). The summed E-state index contributed by atoms with van der Waals surface area (Å²) in [7, 11) is -3.62. The maximum absolute atomic E-state index is 11.9. The number of hydrogen-bond donors (Lipinski definition) is 2. The molecule has 0 saturated carbocycles. The van der Waals surface area contributed by atoms with Crippen LogP contribution in [-0.4, -0.2) is 33.2 Å². The summed E-state index contributed by atoms with van der Waals surface area (Å²) in [6.07, 6.45) is 3.17. The van der Waals surface area contributed by atoms with Crippen LogP contribution in [0.15, 0.2) is 17.2 Å². The zero-order valence-electron chi connectivity index (χ0n) is 10.7. The molecule has 0 unspecified atom stereocenters. The van der Waals surface area contributed by atoms with Gasteiger partial charge < -0.3 is 10.5 Å². The summed E-state index contributed by atoms with van der Waals surface area (Å²) in [4.78, 5) is 3.70. The largest absolute Gasteiger partial charge is 0.382 e. The molecule has 0 spiro atoms. The second kappa shape index (κ2) is 7.64. The van der Waals surface area contributed by atoms with Gasteiger partial charge in [0.25, 0.3) is 0 Å². The Balaban J connectivity index is 2.49. The minimum absolute atomic E-state index is 0.0136. The van der Waals surface area contributed by atoms with E-state index in [9.17, 15) is 8.42 Å². The van der Waals surface area contributed by atoms with Crippen LogP contribution in [-0.2, 0) is 14.8 Å². The van der Waals surface area contributed by atoms with Crippen molar-refractivity contribution in [3.63, 3.8) is 0 Å². The first-order chi connectivity index (χ1) is 8.97. The molecule has 6 nitrogen and oxygen atoms in total. The SMILES string of the molecule is CCCCOCCNS(=O)(=O)c1cnc(N)c(Cl)c1. The molecular weight excluding hydrogens is 290 g/mol. The van der Waals surface area contributed by atoms with E-state index in [0.717, 1.165) is 12.8 Å². The third kappa shape index (κ3) is 5.32. The Hall–Kier alpha value is -0.890. The highest BCUT2D eigenvalue weighted by Crippen LogP contribution is 2.19. The molecule has 0 atom stereocenters. The Morgan fingerprint density at radius 1 is 1.47 bits per heavy atom. The van der Waals surface area contributed by atoms with Crippen LogP contribution in [0.4, 0.5) is 5.82 Å². The summed E-state index contributed by atoms with van der Waals surface area (Å²) in [6.45, 7) is 3.22. The molecule has 108 valence electrons. The van der Waals surface area contributed by atoms with Gasteiger partial charge in [-0.25, -0.2) is 18.1 Å². The van der Waals surface area contributed by atoms with E-state index in [1.807, 2.05) is 0 Å². The number of pyridine rings is 1. The van der Waals surface area contributed by atoms with Crippen molar-refractivity contribution >= 4 is 27.4 Å². The molecule has 8 heteroatoms. The van der Waals surface area contributed by atoms with Gasteiger partial charge in [-0.1, -0.05) is 24.9 Å². The van der Waals surface area contributed by atoms with Gasteiger partial charge in [0.2, 0.25) is 10.0 Å². The number of halogens is 1. The molecule has 0 bridgehead atoms. The minimum Gasteiger partial charge on any atom is -0.382 e. The molecule has 0 aromatic carbocycles. The molecule has 0 radical (unpaired) electrons. The number of anilines is 1. The zero-order chi connectivity index (χ0) is 14.3. The highest BCUT2D eigenvalue weighted by molar-refractivity contribution is 7.89. The number of sulfonamides is 1. The quantitative estimate of drug-likeness (QED) is 0.708. The van der Waals surface area contributed by atoms with Gasteiger partial charge >= 0.3 is 0 Å². The molecular formula is C11H18ClN3O3S. The number of nitrogens with one attached hydrogen (secondary N) is 1. The molecule has 19 heavy (non-hydrogen) atoms. The van der Waals surface area contributed by atoms with Crippen molar-refractivity contribution in [2.45, 2.75) is 24.7 Å². The Labute approximate surface area is 118 Å². The topological polar surface area (TPSA) is 94.3 Å². The van der Waals surface area contributed by atoms with E-state index in [1.165, 1.54) is 12.3 Å². The Morgan fingerprint density at radius 2 is 2.21 bits per heavy atom. The molecule has 1 aromatic heterocycles. The zero-order valence-corrected chi connectivity index (χ0v) is 12.3. The molecule has 0 saturated heterocycles. The lowest BCUT2D eigenvalue weighted by atomic mass is 10.4. The summed E-state index contributed by atoms with van der Waals surface area (Å²) in [5.41, 5.74) is 5.42. The van der Waals surface area contributed by atoms with Crippen molar-refractivity contribution in [1.29, 1.82) is 0 Å². The van der Waals surface area contributed by atoms with Gasteiger partial charge in [0.15, 0.2) is 0 Å². The average Bonchev–Trinajstić information content (AvgIpc) is 2.36. The van der Waals surface area contributed by atoms with Gasteiger partial charge in [0.05, 0.1) is 11.6 Å². The lowest BCUT2D eigenvalue weighted by Crippen LogP contribution is -2.27. The minimum atomic E-state index is -3.62.